The number of hydrogen-bond acceptors (Lipinski definition) is 2. The average Bonchev–Trinajstić information content (AvgIpc) is 2.14. The molecule has 0 radical (unpaired) electrons. The summed E-state index contributed by atoms with van der Waals surface area (Å²) in [5.41, 5.74) is 5.99. The number of benzene rings is 1. The third kappa shape index (κ3) is 4.91. The lowest BCUT2D eigenvalue weighted by Gasteiger charge is -2.14. The molecule has 0 bridgehead atoms. The van der Waals surface area contributed by atoms with Gasteiger partial charge in [0.2, 0.25) is 0 Å². The van der Waals surface area contributed by atoms with Crippen LogP contribution in [0.3, 0.4) is 0 Å². The molecule has 17 heavy (non-hydrogen) atoms. The molecule has 0 spiro atoms. The van der Waals surface area contributed by atoms with E-state index >= 15 is 0 Å². The summed E-state index contributed by atoms with van der Waals surface area (Å²) in [5.74, 6) is -0.379. The highest BCUT2D eigenvalue weighted by Gasteiger charge is 2.31. The lowest BCUT2D eigenvalue weighted by Crippen LogP contribution is -2.18. The van der Waals surface area contributed by atoms with Gasteiger partial charge in [0.25, 0.3) is 0 Å². The van der Waals surface area contributed by atoms with Gasteiger partial charge in [-0.2, -0.15) is 0 Å². The van der Waals surface area contributed by atoms with Crippen LogP contribution in [0.15, 0.2) is 22.7 Å². The summed E-state index contributed by atoms with van der Waals surface area (Å²) in [4.78, 5) is 0. The Labute approximate surface area is 104 Å². The first kappa shape index (κ1) is 14.2. The second-order valence-corrected chi connectivity index (χ2v) is 4.27. The zero-order chi connectivity index (χ0) is 13.1. The summed E-state index contributed by atoms with van der Waals surface area (Å²) >= 11 is 3.04. The van der Waals surface area contributed by atoms with Gasteiger partial charge < -0.3 is 10.5 Å². The van der Waals surface area contributed by atoms with Gasteiger partial charge in [-0.15, -0.1) is 13.2 Å². The van der Waals surface area contributed by atoms with Crippen molar-refractivity contribution in [2.24, 2.45) is 5.73 Å². The minimum absolute atomic E-state index is 0.0436. The van der Waals surface area contributed by atoms with Gasteiger partial charge in [-0.05, 0) is 30.2 Å². The number of halogens is 5. The third-order valence-corrected chi connectivity index (χ3v) is 2.43. The molecule has 0 fully saturated rings. The van der Waals surface area contributed by atoms with Crippen molar-refractivity contribution in [1.29, 1.82) is 0 Å². The Hall–Kier alpha value is -0.820. The van der Waals surface area contributed by atoms with E-state index in [1.807, 2.05) is 0 Å². The highest BCUT2D eigenvalue weighted by molar-refractivity contribution is 9.10. The number of rotatable bonds is 4. The fourth-order valence-corrected chi connectivity index (χ4v) is 1.77. The monoisotopic (exact) mass is 315 g/mol. The van der Waals surface area contributed by atoms with Crippen LogP contribution in [-0.4, -0.2) is 13.0 Å². The van der Waals surface area contributed by atoms with Gasteiger partial charge in [0, 0.05) is 10.5 Å². The van der Waals surface area contributed by atoms with E-state index in [0.29, 0.717) is 10.0 Å². The van der Waals surface area contributed by atoms with Crippen molar-refractivity contribution in [3.8, 4) is 5.75 Å². The lowest BCUT2D eigenvalue weighted by atomic mass is 10.1. The Morgan fingerprint density at radius 1 is 1.29 bits per heavy atom. The van der Waals surface area contributed by atoms with Crippen LogP contribution < -0.4 is 10.5 Å². The second-order valence-electron chi connectivity index (χ2n) is 3.35. The van der Waals surface area contributed by atoms with E-state index in [0.717, 1.165) is 6.07 Å². The zero-order valence-corrected chi connectivity index (χ0v) is 10.2. The summed E-state index contributed by atoms with van der Waals surface area (Å²) in [7, 11) is 0. The molecule has 0 aliphatic rings. The van der Waals surface area contributed by atoms with Crippen molar-refractivity contribution >= 4 is 15.9 Å². The highest BCUT2D eigenvalue weighted by Crippen LogP contribution is 2.29. The Morgan fingerprint density at radius 2 is 1.94 bits per heavy atom. The summed E-state index contributed by atoms with van der Waals surface area (Å²) in [6, 6.07) is 3.19. The first-order chi connectivity index (χ1) is 7.81. The van der Waals surface area contributed by atoms with Gasteiger partial charge in [-0.3, -0.25) is 4.39 Å². The van der Waals surface area contributed by atoms with Crippen molar-refractivity contribution in [2.75, 3.05) is 6.67 Å². The summed E-state index contributed by atoms with van der Waals surface area (Å²) < 4.78 is 52.3. The molecule has 0 aliphatic carbocycles. The van der Waals surface area contributed by atoms with Crippen molar-refractivity contribution in [3.63, 3.8) is 0 Å². The van der Waals surface area contributed by atoms with Gasteiger partial charge in [-0.25, -0.2) is 0 Å². The van der Waals surface area contributed by atoms with Crippen LogP contribution in [0.4, 0.5) is 17.6 Å². The number of ether oxygens (including phenoxy) is 1. The van der Waals surface area contributed by atoms with Crippen LogP contribution in [0.5, 0.6) is 5.75 Å². The van der Waals surface area contributed by atoms with Crippen LogP contribution in [0.25, 0.3) is 0 Å². The molecular formula is C10H10BrF4NO. The molecule has 0 aromatic heterocycles. The van der Waals surface area contributed by atoms with E-state index in [1.54, 1.807) is 0 Å². The fraction of sp³-hybridized carbons (Fsp3) is 0.400. The van der Waals surface area contributed by atoms with E-state index in [2.05, 4.69) is 20.7 Å². The predicted molar refractivity (Wildman–Crippen MR) is 58.3 cm³/mol. The van der Waals surface area contributed by atoms with E-state index in [1.165, 1.54) is 12.1 Å². The average molecular weight is 316 g/mol. The number of nitrogens with two attached hydrogens (primary N) is 1. The first-order valence-corrected chi connectivity index (χ1v) is 5.49. The predicted octanol–water partition coefficient (Wildman–Crippen LogP) is 3.71. The molecule has 96 valence electrons. The SMILES string of the molecule is N[C@H](CCF)c1cc(Br)cc(OC(F)(F)F)c1. The molecule has 0 unspecified atom stereocenters. The minimum Gasteiger partial charge on any atom is -0.406 e. The molecule has 0 saturated heterocycles. The molecular weight excluding hydrogens is 306 g/mol. The number of hydrogen-bond donors (Lipinski definition) is 1. The summed E-state index contributed by atoms with van der Waals surface area (Å²) in [5, 5.41) is 0. The van der Waals surface area contributed by atoms with Crippen molar-refractivity contribution in [3.05, 3.63) is 28.2 Å². The highest BCUT2D eigenvalue weighted by atomic mass is 79.9. The first-order valence-electron chi connectivity index (χ1n) is 4.69. The Morgan fingerprint density at radius 3 is 2.47 bits per heavy atom. The van der Waals surface area contributed by atoms with Crippen molar-refractivity contribution in [2.45, 2.75) is 18.8 Å². The van der Waals surface area contributed by atoms with E-state index in [-0.39, 0.29) is 12.2 Å². The van der Waals surface area contributed by atoms with Gasteiger partial charge >= 0.3 is 6.36 Å². The molecule has 1 aromatic rings. The van der Waals surface area contributed by atoms with E-state index in [9.17, 15) is 17.6 Å². The van der Waals surface area contributed by atoms with E-state index < -0.39 is 19.1 Å². The maximum absolute atomic E-state index is 12.1. The van der Waals surface area contributed by atoms with Gasteiger partial charge in [0.05, 0.1) is 6.67 Å². The molecule has 0 heterocycles. The van der Waals surface area contributed by atoms with Gasteiger partial charge in [-0.1, -0.05) is 15.9 Å². The minimum atomic E-state index is -4.76. The second kappa shape index (κ2) is 5.68. The standard InChI is InChI=1S/C10H10BrF4NO/c11-7-3-6(9(16)1-2-12)4-8(5-7)17-10(13,14)15/h3-5,9H,1-2,16H2/t9-/m1/s1. The van der Waals surface area contributed by atoms with Crippen LogP contribution in [-0.2, 0) is 0 Å². The van der Waals surface area contributed by atoms with E-state index in [4.69, 9.17) is 5.73 Å². The topological polar surface area (TPSA) is 35.2 Å². The quantitative estimate of drug-likeness (QED) is 0.860. The molecule has 2 N–H and O–H groups in total. The van der Waals surface area contributed by atoms with Crippen molar-refractivity contribution in [1.82, 2.24) is 0 Å². The van der Waals surface area contributed by atoms with Crippen LogP contribution >= 0.6 is 15.9 Å². The summed E-state index contributed by atoms with van der Waals surface area (Å²) in [6.45, 7) is -0.636. The fourth-order valence-electron chi connectivity index (χ4n) is 1.28. The molecule has 1 rings (SSSR count). The molecule has 2 nitrogen and oxygen atoms in total. The van der Waals surface area contributed by atoms with Crippen LogP contribution in [0.2, 0.25) is 0 Å². The molecule has 1 aromatic carbocycles. The molecule has 7 heteroatoms. The summed E-state index contributed by atoms with van der Waals surface area (Å²) in [6.07, 6.45) is -4.72. The lowest BCUT2D eigenvalue weighted by molar-refractivity contribution is -0.274. The maximum atomic E-state index is 12.1. The van der Waals surface area contributed by atoms with Crippen LogP contribution in [0.1, 0.15) is 18.0 Å². The van der Waals surface area contributed by atoms with Crippen LogP contribution in [0, 0.1) is 0 Å². The third-order valence-electron chi connectivity index (χ3n) is 1.98. The maximum Gasteiger partial charge on any atom is 0.573 e. The van der Waals surface area contributed by atoms with Crippen molar-refractivity contribution < 1.29 is 22.3 Å². The van der Waals surface area contributed by atoms with Gasteiger partial charge in [0.15, 0.2) is 0 Å². The molecule has 0 aliphatic heterocycles. The molecule has 0 amide bonds. The zero-order valence-electron chi connectivity index (χ0n) is 8.60. The largest absolute Gasteiger partial charge is 0.573 e. The number of alkyl halides is 4. The molecule has 0 saturated carbocycles. The Bertz CT molecular complexity index is 383. The Balaban J connectivity index is 2.94. The van der Waals surface area contributed by atoms with Gasteiger partial charge in [0.1, 0.15) is 5.75 Å². The normalized spacial score (nSPS) is 13.5. The molecule has 1 atom stereocenters. The Kier molecular flexibility index (Phi) is 4.76. The smallest absolute Gasteiger partial charge is 0.406 e.